The van der Waals surface area contributed by atoms with Gasteiger partial charge in [-0.25, -0.2) is 4.79 Å². The average molecular weight is 673 g/mol. The fraction of sp³-hybridized carbons (Fsp3) is 0.657. The highest BCUT2D eigenvalue weighted by molar-refractivity contribution is 6.33. The summed E-state index contributed by atoms with van der Waals surface area (Å²) in [5, 5.41) is 3.32. The lowest BCUT2D eigenvalue weighted by Gasteiger charge is -2.38. The fourth-order valence-corrected chi connectivity index (χ4v) is 7.16. The number of nitrogens with zero attached hydrogens (tertiary/aromatic N) is 5. The lowest BCUT2D eigenvalue weighted by molar-refractivity contribution is -0.142. The van der Waals surface area contributed by atoms with Gasteiger partial charge in [-0.3, -0.25) is 19.3 Å². The number of ether oxygens (including phenoxy) is 1. The first kappa shape index (κ1) is 36.5. The van der Waals surface area contributed by atoms with Crippen LogP contribution in [0.2, 0.25) is 5.02 Å². The summed E-state index contributed by atoms with van der Waals surface area (Å²) < 4.78 is 5.66. The van der Waals surface area contributed by atoms with Gasteiger partial charge in [-0.1, -0.05) is 43.7 Å². The molecule has 0 radical (unpaired) electrons. The minimum absolute atomic E-state index is 0.00547. The molecule has 1 aromatic carbocycles. The fourth-order valence-electron chi connectivity index (χ4n) is 6.90. The maximum Gasteiger partial charge on any atom is 0.409 e. The number of alkyl carbamates (subject to hydrolysis) is 1. The summed E-state index contributed by atoms with van der Waals surface area (Å²) in [6, 6.07) is 7.10. The van der Waals surface area contributed by atoms with E-state index in [-0.39, 0.29) is 48.5 Å². The monoisotopic (exact) mass is 672 g/mol. The number of para-hydroxylation sites is 1. The molecule has 0 aliphatic carbocycles. The van der Waals surface area contributed by atoms with Crippen molar-refractivity contribution >= 4 is 41.1 Å². The number of hydrogen-bond donors (Lipinski definition) is 1. The topological polar surface area (TPSA) is 106 Å². The number of likely N-dealkylation sites (N-methyl/N-ethyl adjacent to an activating group) is 1. The van der Waals surface area contributed by atoms with E-state index in [1.54, 1.807) is 23.8 Å². The van der Waals surface area contributed by atoms with Crippen LogP contribution in [-0.4, -0.2) is 121 Å². The zero-order chi connectivity index (χ0) is 34.2. The number of amides is 4. The van der Waals surface area contributed by atoms with E-state index in [0.29, 0.717) is 49.7 Å². The maximum atomic E-state index is 13.7. The SMILES string of the molecule is C/C(=C\[C@H](C(C)C)N(C)C(=O)CNC(=O)OC1CCCCN1C(C)C)C(=O)N1CCCC1C(=O)N1CCN(c2ccccc2Cl)CC1. The summed E-state index contributed by atoms with van der Waals surface area (Å²) in [7, 11) is 1.68. The number of halogens is 1. The molecule has 0 spiro atoms. The van der Waals surface area contributed by atoms with E-state index in [4.69, 9.17) is 16.3 Å². The predicted molar refractivity (Wildman–Crippen MR) is 184 cm³/mol. The molecule has 3 aliphatic rings. The van der Waals surface area contributed by atoms with Crippen molar-refractivity contribution in [2.24, 2.45) is 5.92 Å². The molecule has 3 heterocycles. The van der Waals surface area contributed by atoms with E-state index in [9.17, 15) is 19.2 Å². The average Bonchev–Trinajstić information content (AvgIpc) is 3.55. The normalized spacial score (nSPS) is 21.6. The number of carbonyl (C=O) groups is 4. The van der Waals surface area contributed by atoms with E-state index >= 15 is 0 Å². The third-order valence-electron chi connectivity index (χ3n) is 9.64. The summed E-state index contributed by atoms with van der Waals surface area (Å²) in [5.74, 6) is -0.485. The molecule has 4 rings (SSSR count). The number of carbonyl (C=O) groups excluding carboxylic acids is 4. The number of piperidine rings is 1. The third-order valence-corrected chi connectivity index (χ3v) is 9.96. The van der Waals surface area contributed by atoms with Gasteiger partial charge in [0, 0.05) is 57.9 Å². The summed E-state index contributed by atoms with van der Waals surface area (Å²) in [6.07, 6.45) is 5.15. The van der Waals surface area contributed by atoms with E-state index in [1.165, 1.54) is 0 Å². The van der Waals surface area contributed by atoms with Gasteiger partial charge in [-0.15, -0.1) is 0 Å². The van der Waals surface area contributed by atoms with Gasteiger partial charge in [0.25, 0.3) is 0 Å². The van der Waals surface area contributed by atoms with Crippen LogP contribution in [0.25, 0.3) is 0 Å². The second-order valence-corrected chi connectivity index (χ2v) is 14.0. The Morgan fingerprint density at radius 1 is 0.979 bits per heavy atom. The van der Waals surface area contributed by atoms with Gasteiger partial charge < -0.3 is 29.7 Å². The first-order valence-electron chi connectivity index (χ1n) is 17.1. The largest absolute Gasteiger partial charge is 0.430 e. The Kier molecular flexibility index (Phi) is 13.0. The standard InChI is InChI=1S/C35H53ClN6O5/c1-24(2)30(38(6)31(43)23-37-35(46)47-32-15-9-10-16-41(32)25(3)4)22-26(5)33(44)42-17-11-14-29(42)34(45)40-20-18-39(19-21-40)28-13-8-7-12-27(28)36/h7-8,12-13,22,24-25,29-30,32H,9-11,14-21,23H2,1-6H3,(H,37,46)/b26-22+/t29?,30-,32?/m1/s1. The molecule has 0 bridgehead atoms. The summed E-state index contributed by atoms with van der Waals surface area (Å²) >= 11 is 6.39. The Labute approximate surface area is 285 Å². The minimum atomic E-state index is -0.609. The Morgan fingerprint density at radius 3 is 2.34 bits per heavy atom. The van der Waals surface area contributed by atoms with E-state index in [2.05, 4.69) is 29.0 Å². The molecule has 3 aliphatic heterocycles. The molecule has 1 aromatic rings. The van der Waals surface area contributed by atoms with Gasteiger partial charge in [0.15, 0.2) is 6.23 Å². The Balaban J connectivity index is 1.32. The van der Waals surface area contributed by atoms with Crippen molar-refractivity contribution in [3.8, 4) is 0 Å². The molecule has 2 unspecified atom stereocenters. The minimum Gasteiger partial charge on any atom is -0.430 e. The lowest BCUT2D eigenvalue weighted by atomic mass is 9.99. The smallest absolute Gasteiger partial charge is 0.409 e. The number of benzene rings is 1. The molecule has 3 saturated heterocycles. The quantitative estimate of drug-likeness (QED) is 0.369. The van der Waals surface area contributed by atoms with Crippen LogP contribution >= 0.6 is 11.6 Å². The van der Waals surface area contributed by atoms with Crippen LogP contribution in [0, 0.1) is 5.92 Å². The van der Waals surface area contributed by atoms with E-state index < -0.39 is 12.1 Å². The van der Waals surface area contributed by atoms with Crippen molar-refractivity contribution in [2.75, 3.05) is 57.8 Å². The highest BCUT2D eigenvalue weighted by Crippen LogP contribution is 2.28. The highest BCUT2D eigenvalue weighted by atomic mass is 35.5. The summed E-state index contributed by atoms with van der Waals surface area (Å²) in [6.45, 7) is 13.6. The summed E-state index contributed by atoms with van der Waals surface area (Å²) in [4.78, 5) is 62.6. The first-order chi connectivity index (χ1) is 22.4. The van der Waals surface area contributed by atoms with Crippen molar-refractivity contribution in [1.82, 2.24) is 24.9 Å². The van der Waals surface area contributed by atoms with Crippen LogP contribution < -0.4 is 10.2 Å². The van der Waals surface area contributed by atoms with Crippen LogP contribution in [0.4, 0.5) is 10.5 Å². The molecule has 3 atom stereocenters. The molecule has 260 valence electrons. The molecule has 4 amide bonds. The number of nitrogens with one attached hydrogen (secondary N) is 1. The van der Waals surface area contributed by atoms with Crippen molar-refractivity contribution in [1.29, 1.82) is 0 Å². The summed E-state index contributed by atoms with van der Waals surface area (Å²) in [5.41, 5.74) is 1.46. The Morgan fingerprint density at radius 2 is 1.68 bits per heavy atom. The molecular weight excluding hydrogens is 620 g/mol. The van der Waals surface area contributed by atoms with Crippen molar-refractivity contribution in [2.45, 2.75) is 91.1 Å². The molecule has 47 heavy (non-hydrogen) atoms. The molecule has 11 nitrogen and oxygen atoms in total. The number of anilines is 1. The van der Waals surface area contributed by atoms with Gasteiger partial charge in [0.2, 0.25) is 17.7 Å². The second-order valence-electron chi connectivity index (χ2n) is 13.6. The van der Waals surface area contributed by atoms with Crippen LogP contribution in [0.1, 0.15) is 66.7 Å². The lowest BCUT2D eigenvalue weighted by Crippen LogP contribution is -2.54. The molecule has 0 aromatic heterocycles. The zero-order valence-electron chi connectivity index (χ0n) is 28.9. The first-order valence-corrected chi connectivity index (χ1v) is 17.5. The molecular formula is C35H53ClN6O5. The molecule has 1 N–H and O–H groups in total. The maximum absolute atomic E-state index is 13.7. The molecule has 0 saturated carbocycles. The number of hydrogen-bond acceptors (Lipinski definition) is 7. The Hall–Kier alpha value is -3.31. The van der Waals surface area contributed by atoms with Crippen molar-refractivity contribution in [3.63, 3.8) is 0 Å². The van der Waals surface area contributed by atoms with Gasteiger partial charge in [-0.05, 0) is 70.9 Å². The van der Waals surface area contributed by atoms with Crippen molar-refractivity contribution in [3.05, 3.63) is 40.9 Å². The van der Waals surface area contributed by atoms with E-state index in [1.807, 2.05) is 49.1 Å². The van der Waals surface area contributed by atoms with Gasteiger partial charge in [0.1, 0.15) is 12.6 Å². The van der Waals surface area contributed by atoms with E-state index in [0.717, 1.165) is 37.9 Å². The van der Waals surface area contributed by atoms with Crippen LogP contribution in [0.5, 0.6) is 0 Å². The highest BCUT2D eigenvalue weighted by Gasteiger charge is 2.38. The zero-order valence-corrected chi connectivity index (χ0v) is 29.7. The second kappa shape index (κ2) is 16.7. The van der Waals surface area contributed by atoms with Crippen LogP contribution in [-0.2, 0) is 19.1 Å². The predicted octanol–water partition coefficient (Wildman–Crippen LogP) is 4.36. The molecule has 3 fully saturated rings. The van der Waals surface area contributed by atoms with Crippen LogP contribution in [0.15, 0.2) is 35.9 Å². The Bertz CT molecular complexity index is 1300. The van der Waals surface area contributed by atoms with Gasteiger partial charge >= 0.3 is 6.09 Å². The third kappa shape index (κ3) is 9.19. The van der Waals surface area contributed by atoms with Crippen molar-refractivity contribution < 1.29 is 23.9 Å². The number of likely N-dealkylation sites (tertiary alicyclic amines) is 2. The van der Waals surface area contributed by atoms with Gasteiger partial charge in [-0.2, -0.15) is 0 Å². The number of rotatable bonds is 10. The van der Waals surface area contributed by atoms with Gasteiger partial charge in [0.05, 0.1) is 16.8 Å². The molecule has 12 heteroatoms. The number of piperazine rings is 1. The van der Waals surface area contributed by atoms with Crippen LogP contribution in [0.3, 0.4) is 0 Å².